The van der Waals surface area contributed by atoms with Gasteiger partial charge in [0.2, 0.25) is 0 Å². The summed E-state index contributed by atoms with van der Waals surface area (Å²) >= 11 is 0. The van der Waals surface area contributed by atoms with Crippen molar-refractivity contribution in [1.82, 2.24) is 0 Å². The molecule has 0 bridgehead atoms. The summed E-state index contributed by atoms with van der Waals surface area (Å²) in [5, 5.41) is 11.7. The van der Waals surface area contributed by atoms with Gasteiger partial charge in [0, 0.05) is 12.2 Å². The number of anilines is 1. The number of nitriles is 1. The van der Waals surface area contributed by atoms with Crippen molar-refractivity contribution in [2.24, 2.45) is 0 Å². The maximum absolute atomic E-state index is 8.42. The summed E-state index contributed by atoms with van der Waals surface area (Å²) < 4.78 is 0. The Morgan fingerprint density at radius 2 is 1.93 bits per heavy atom. The zero-order chi connectivity index (χ0) is 10.6. The average Bonchev–Trinajstić information content (AvgIpc) is 2.18. The zero-order valence-corrected chi connectivity index (χ0v) is 9.02. The summed E-state index contributed by atoms with van der Waals surface area (Å²) in [7, 11) is 0. The topological polar surface area (TPSA) is 35.8 Å². The van der Waals surface area contributed by atoms with Crippen molar-refractivity contribution in [2.75, 3.05) is 11.9 Å². The number of rotatable bonds is 3. The third kappa shape index (κ3) is 2.26. The molecule has 0 spiro atoms. The predicted octanol–water partition coefficient (Wildman–Crippen LogP) is 2.94. The lowest BCUT2D eigenvalue weighted by Crippen LogP contribution is -2.03. The van der Waals surface area contributed by atoms with Gasteiger partial charge in [-0.15, -0.1) is 0 Å². The van der Waals surface area contributed by atoms with Crippen LogP contribution in [0.15, 0.2) is 12.1 Å². The van der Waals surface area contributed by atoms with Crippen molar-refractivity contribution < 1.29 is 0 Å². The van der Waals surface area contributed by atoms with Crippen LogP contribution in [0.3, 0.4) is 0 Å². The molecule has 1 aromatic rings. The van der Waals surface area contributed by atoms with Gasteiger partial charge in [0.15, 0.2) is 0 Å². The summed E-state index contributed by atoms with van der Waals surface area (Å²) in [4.78, 5) is 0. The van der Waals surface area contributed by atoms with E-state index in [1.165, 1.54) is 16.7 Å². The van der Waals surface area contributed by atoms with Gasteiger partial charge in [-0.05, 0) is 43.5 Å². The monoisotopic (exact) mass is 188 g/mol. The highest BCUT2D eigenvalue weighted by atomic mass is 14.9. The predicted molar refractivity (Wildman–Crippen MR) is 59.4 cm³/mol. The fourth-order valence-corrected chi connectivity index (χ4v) is 1.40. The van der Waals surface area contributed by atoms with Gasteiger partial charge in [-0.3, -0.25) is 0 Å². The number of aryl methyl sites for hydroxylation is 1. The van der Waals surface area contributed by atoms with E-state index in [4.69, 9.17) is 5.26 Å². The molecule has 1 aromatic carbocycles. The highest BCUT2D eigenvalue weighted by molar-refractivity contribution is 5.55. The molecule has 14 heavy (non-hydrogen) atoms. The number of benzene rings is 1. The van der Waals surface area contributed by atoms with E-state index in [2.05, 4.69) is 44.3 Å². The molecule has 0 aliphatic carbocycles. The van der Waals surface area contributed by atoms with E-state index in [1.807, 2.05) is 0 Å². The molecule has 0 unspecified atom stereocenters. The Bertz CT molecular complexity index is 361. The maximum atomic E-state index is 8.42. The summed E-state index contributed by atoms with van der Waals surface area (Å²) in [5.74, 6) is 0. The first-order valence-electron chi connectivity index (χ1n) is 4.84. The average molecular weight is 188 g/mol. The second kappa shape index (κ2) is 4.66. The minimum atomic E-state index is 0.548. The number of nitrogens with one attached hydrogen (secondary N) is 1. The Hall–Kier alpha value is -1.49. The molecule has 0 saturated carbocycles. The van der Waals surface area contributed by atoms with E-state index in [1.54, 1.807) is 0 Å². The molecule has 0 saturated heterocycles. The summed E-state index contributed by atoms with van der Waals surface area (Å²) in [5.41, 5.74) is 5.06. The highest BCUT2D eigenvalue weighted by Crippen LogP contribution is 2.21. The van der Waals surface area contributed by atoms with Crippen LogP contribution >= 0.6 is 0 Å². The molecular formula is C12H16N2. The standard InChI is InChI=1S/C12H16N2/c1-9-5-6-12(11(3)10(9)2)14-8-4-7-13/h5-6,14H,4,8H2,1-3H3. The van der Waals surface area contributed by atoms with Gasteiger partial charge in [0.05, 0.1) is 12.5 Å². The first kappa shape index (κ1) is 10.6. The quantitative estimate of drug-likeness (QED) is 0.740. The third-order valence-corrected chi connectivity index (χ3v) is 2.61. The summed E-state index contributed by atoms with van der Waals surface area (Å²) in [6.07, 6.45) is 0.548. The molecule has 2 nitrogen and oxygen atoms in total. The fraction of sp³-hybridized carbons (Fsp3) is 0.417. The molecule has 2 heteroatoms. The Kier molecular flexibility index (Phi) is 3.53. The summed E-state index contributed by atoms with van der Waals surface area (Å²) in [6.45, 7) is 7.07. The molecule has 1 rings (SSSR count). The Morgan fingerprint density at radius 3 is 2.57 bits per heavy atom. The van der Waals surface area contributed by atoms with Crippen molar-refractivity contribution in [3.63, 3.8) is 0 Å². The zero-order valence-electron chi connectivity index (χ0n) is 9.02. The van der Waals surface area contributed by atoms with Gasteiger partial charge < -0.3 is 5.32 Å². The molecule has 0 heterocycles. The molecule has 0 radical (unpaired) electrons. The van der Waals surface area contributed by atoms with Gasteiger partial charge >= 0.3 is 0 Å². The molecule has 0 aliphatic rings. The molecule has 0 amide bonds. The van der Waals surface area contributed by atoms with Crippen molar-refractivity contribution in [2.45, 2.75) is 27.2 Å². The van der Waals surface area contributed by atoms with Crippen LogP contribution in [0, 0.1) is 32.1 Å². The normalized spacial score (nSPS) is 9.57. The molecule has 0 fully saturated rings. The Balaban J connectivity index is 2.79. The van der Waals surface area contributed by atoms with Crippen LogP contribution in [0.5, 0.6) is 0 Å². The molecule has 0 aromatic heterocycles. The van der Waals surface area contributed by atoms with E-state index in [-0.39, 0.29) is 0 Å². The lowest BCUT2D eigenvalue weighted by atomic mass is 10.0. The Morgan fingerprint density at radius 1 is 1.21 bits per heavy atom. The molecule has 0 aliphatic heterocycles. The minimum Gasteiger partial charge on any atom is -0.384 e. The van der Waals surface area contributed by atoms with E-state index >= 15 is 0 Å². The largest absolute Gasteiger partial charge is 0.384 e. The number of hydrogen-bond donors (Lipinski definition) is 1. The van der Waals surface area contributed by atoms with Crippen LogP contribution in [-0.2, 0) is 0 Å². The number of nitrogens with zero attached hydrogens (tertiary/aromatic N) is 1. The van der Waals surface area contributed by atoms with E-state index in [0.717, 1.165) is 12.2 Å². The fourth-order valence-electron chi connectivity index (χ4n) is 1.40. The third-order valence-electron chi connectivity index (χ3n) is 2.61. The SMILES string of the molecule is Cc1ccc(NCCC#N)c(C)c1C. The second-order valence-corrected chi connectivity index (χ2v) is 3.51. The smallest absolute Gasteiger partial charge is 0.0640 e. The molecule has 0 atom stereocenters. The highest BCUT2D eigenvalue weighted by Gasteiger charge is 2.02. The molecule has 1 N–H and O–H groups in total. The first-order valence-corrected chi connectivity index (χ1v) is 4.84. The molecule has 74 valence electrons. The van der Waals surface area contributed by atoms with Crippen LogP contribution in [0.2, 0.25) is 0 Å². The number of hydrogen-bond acceptors (Lipinski definition) is 2. The van der Waals surface area contributed by atoms with Gasteiger partial charge in [-0.2, -0.15) is 5.26 Å². The molecular weight excluding hydrogens is 172 g/mol. The van der Waals surface area contributed by atoms with E-state index in [9.17, 15) is 0 Å². The van der Waals surface area contributed by atoms with Crippen LogP contribution < -0.4 is 5.32 Å². The van der Waals surface area contributed by atoms with Crippen LogP contribution in [-0.4, -0.2) is 6.54 Å². The Labute approximate surface area is 85.6 Å². The lowest BCUT2D eigenvalue weighted by molar-refractivity contribution is 1.07. The van der Waals surface area contributed by atoms with Gasteiger partial charge in [0.25, 0.3) is 0 Å². The van der Waals surface area contributed by atoms with Crippen molar-refractivity contribution in [3.05, 3.63) is 28.8 Å². The van der Waals surface area contributed by atoms with Crippen LogP contribution in [0.25, 0.3) is 0 Å². The van der Waals surface area contributed by atoms with Gasteiger partial charge in [-0.1, -0.05) is 6.07 Å². The van der Waals surface area contributed by atoms with Crippen LogP contribution in [0.1, 0.15) is 23.1 Å². The van der Waals surface area contributed by atoms with Crippen molar-refractivity contribution in [3.8, 4) is 6.07 Å². The maximum Gasteiger partial charge on any atom is 0.0640 e. The second-order valence-electron chi connectivity index (χ2n) is 3.51. The van der Waals surface area contributed by atoms with Gasteiger partial charge in [-0.25, -0.2) is 0 Å². The van der Waals surface area contributed by atoms with E-state index in [0.29, 0.717) is 6.42 Å². The lowest BCUT2D eigenvalue weighted by Gasteiger charge is -2.12. The summed E-state index contributed by atoms with van der Waals surface area (Å²) in [6, 6.07) is 6.31. The van der Waals surface area contributed by atoms with Gasteiger partial charge in [0.1, 0.15) is 0 Å². The van der Waals surface area contributed by atoms with Crippen molar-refractivity contribution >= 4 is 5.69 Å². The minimum absolute atomic E-state index is 0.548. The first-order chi connectivity index (χ1) is 6.66. The van der Waals surface area contributed by atoms with Crippen LogP contribution in [0.4, 0.5) is 5.69 Å². The van der Waals surface area contributed by atoms with E-state index < -0.39 is 0 Å². The van der Waals surface area contributed by atoms with Crippen molar-refractivity contribution in [1.29, 1.82) is 5.26 Å².